The number of nitrogens with one attached hydrogen (secondary N) is 1. The summed E-state index contributed by atoms with van der Waals surface area (Å²) in [6.45, 7) is -0.461. The van der Waals surface area contributed by atoms with Crippen molar-refractivity contribution < 1.29 is 23.5 Å². The fourth-order valence-electron chi connectivity index (χ4n) is 3.07. The van der Waals surface area contributed by atoms with Gasteiger partial charge in [0.15, 0.2) is 12.3 Å². The number of hydrogen-bond acceptors (Lipinski definition) is 7. The second-order valence-electron chi connectivity index (χ2n) is 6.91. The minimum atomic E-state index is -0.685. The lowest BCUT2D eigenvalue weighted by Crippen LogP contribution is -2.32. The normalized spacial score (nSPS) is 11.6. The number of hydrogen-bond donors (Lipinski definition) is 1. The summed E-state index contributed by atoms with van der Waals surface area (Å²) in [6.07, 6.45) is 0. The summed E-state index contributed by atoms with van der Waals surface area (Å²) >= 11 is 2.77. The number of benzene rings is 2. The van der Waals surface area contributed by atoms with Gasteiger partial charge >= 0.3 is 5.97 Å². The number of methoxy groups -OCH3 is 1. The van der Waals surface area contributed by atoms with Crippen LogP contribution in [0.4, 0.5) is 4.39 Å². The molecule has 2 heterocycles. The van der Waals surface area contributed by atoms with Crippen LogP contribution in [0.1, 0.15) is 27.0 Å². The number of thiazole rings is 1. The Labute approximate surface area is 197 Å². The number of carbonyl (C=O) groups is 2. The molecule has 0 aliphatic heterocycles. The molecule has 6 nitrogen and oxygen atoms in total. The monoisotopic (exact) mass is 482 g/mol. The Morgan fingerprint density at radius 1 is 1.06 bits per heavy atom. The molecule has 0 aliphatic rings. The minimum absolute atomic E-state index is 0.131. The molecule has 33 heavy (non-hydrogen) atoms. The maximum atomic E-state index is 13.3. The summed E-state index contributed by atoms with van der Waals surface area (Å²) < 4.78 is 23.6. The molecule has 2 aromatic carbocycles. The lowest BCUT2D eigenvalue weighted by molar-refractivity contribution is -0.124. The zero-order valence-corrected chi connectivity index (χ0v) is 19.1. The zero-order chi connectivity index (χ0) is 23.2. The highest BCUT2D eigenvalue weighted by atomic mass is 32.1. The first-order chi connectivity index (χ1) is 16.0. The van der Waals surface area contributed by atoms with Crippen molar-refractivity contribution in [1.82, 2.24) is 10.3 Å². The van der Waals surface area contributed by atoms with Crippen molar-refractivity contribution in [2.45, 2.75) is 6.04 Å². The first kappa shape index (κ1) is 22.6. The minimum Gasteiger partial charge on any atom is -0.497 e. The van der Waals surface area contributed by atoms with Gasteiger partial charge in [-0.15, -0.1) is 22.7 Å². The summed E-state index contributed by atoms with van der Waals surface area (Å²) in [6, 6.07) is 16.5. The highest BCUT2D eigenvalue weighted by Crippen LogP contribution is 2.27. The molecule has 9 heteroatoms. The summed E-state index contributed by atoms with van der Waals surface area (Å²) in [5.74, 6) is -0.795. The van der Waals surface area contributed by atoms with E-state index >= 15 is 0 Å². The van der Waals surface area contributed by atoms with Crippen LogP contribution in [0.15, 0.2) is 71.4 Å². The number of nitrogens with zero attached hydrogens (tertiary/aromatic N) is 1. The highest BCUT2D eigenvalue weighted by Gasteiger charge is 2.20. The summed E-state index contributed by atoms with van der Waals surface area (Å²) in [7, 11) is 1.59. The van der Waals surface area contributed by atoms with Crippen molar-refractivity contribution >= 4 is 34.6 Å². The SMILES string of the molecule is COc1ccc(-c2nc(C(=O)OCC(=O)NC(c3ccc(F)cc3)c3cccs3)cs2)cc1. The first-order valence-electron chi connectivity index (χ1n) is 9.89. The van der Waals surface area contributed by atoms with Gasteiger partial charge in [0.25, 0.3) is 5.91 Å². The van der Waals surface area contributed by atoms with Gasteiger partial charge in [-0.05, 0) is 53.4 Å². The van der Waals surface area contributed by atoms with E-state index in [1.54, 1.807) is 24.6 Å². The molecule has 0 saturated carbocycles. The fraction of sp³-hybridized carbons (Fsp3) is 0.125. The van der Waals surface area contributed by atoms with Crippen molar-refractivity contribution in [1.29, 1.82) is 0 Å². The molecule has 1 N–H and O–H groups in total. The standard InChI is InChI=1S/C24H19FN2O4S2/c1-30-18-10-6-16(7-11-18)23-26-19(14-33-23)24(29)31-13-21(28)27-22(20-3-2-12-32-20)15-4-8-17(25)9-5-15/h2-12,14,22H,13H2,1H3,(H,27,28). The third-order valence-electron chi connectivity index (χ3n) is 4.72. The van der Waals surface area contributed by atoms with E-state index in [9.17, 15) is 14.0 Å². The van der Waals surface area contributed by atoms with E-state index in [0.717, 1.165) is 21.8 Å². The van der Waals surface area contributed by atoms with E-state index in [1.165, 1.54) is 34.8 Å². The Bertz CT molecular complexity index is 1220. The van der Waals surface area contributed by atoms with E-state index in [0.29, 0.717) is 5.01 Å². The summed E-state index contributed by atoms with van der Waals surface area (Å²) in [4.78, 5) is 30.1. The van der Waals surface area contributed by atoms with Crippen molar-refractivity contribution in [2.75, 3.05) is 13.7 Å². The first-order valence-corrected chi connectivity index (χ1v) is 11.6. The van der Waals surface area contributed by atoms with Crippen LogP contribution in [0.5, 0.6) is 5.75 Å². The molecule has 1 atom stereocenters. The quantitative estimate of drug-likeness (QED) is 0.354. The number of ether oxygens (including phenoxy) is 2. The number of aromatic nitrogens is 1. The summed E-state index contributed by atoms with van der Waals surface area (Å²) in [5, 5.41) is 6.98. The molecular formula is C24H19FN2O4S2. The number of carbonyl (C=O) groups excluding carboxylic acids is 2. The molecule has 0 fully saturated rings. The molecule has 1 unspecified atom stereocenters. The lowest BCUT2D eigenvalue weighted by Gasteiger charge is -2.18. The maximum absolute atomic E-state index is 13.3. The average molecular weight is 483 g/mol. The van der Waals surface area contributed by atoms with Gasteiger partial charge in [0.1, 0.15) is 16.6 Å². The van der Waals surface area contributed by atoms with Gasteiger partial charge in [-0.2, -0.15) is 0 Å². The van der Waals surface area contributed by atoms with Crippen LogP contribution in [0.2, 0.25) is 0 Å². The van der Waals surface area contributed by atoms with E-state index in [2.05, 4.69) is 10.3 Å². The van der Waals surface area contributed by atoms with E-state index in [1.807, 2.05) is 41.8 Å². The molecule has 0 spiro atoms. The number of esters is 1. The Hall–Kier alpha value is -3.56. The molecule has 4 aromatic rings. The third-order valence-corrected chi connectivity index (χ3v) is 6.55. The Morgan fingerprint density at radius 3 is 2.48 bits per heavy atom. The van der Waals surface area contributed by atoms with Crippen molar-refractivity contribution in [3.8, 4) is 16.3 Å². The van der Waals surface area contributed by atoms with Crippen molar-refractivity contribution in [3.05, 3.63) is 93.4 Å². The van der Waals surface area contributed by atoms with Crippen LogP contribution in [0, 0.1) is 5.82 Å². The van der Waals surface area contributed by atoms with Gasteiger partial charge in [-0.3, -0.25) is 4.79 Å². The Morgan fingerprint density at radius 2 is 1.82 bits per heavy atom. The van der Waals surface area contributed by atoms with Gasteiger partial charge in [0.2, 0.25) is 0 Å². The van der Waals surface area contributed by atoms with E-state index < -0.39 is 24.5 Å². The van der Waals surface area contributed by atoms with Gasteiger partial charge < -0.3 is 14.8 Å². The molecule has 2 aromatic heterocycles. The predicted octanol–water partition coefficient (Wildman–Crippen LogP) is 5.08. The van der Waals surface area contributed by atoms with Crippen LogP contribution in [0.3, 0.4) is 0 Å². The van der Waals surface area contributed by atoms with E-state index in [4.69, 9.17) is 9.47 Å². The smallest absolute Gasteiger partial charge is 0.358 e. The van der Waals surface area contributed by atoms with Gasteiger partial charge in [-0.1, -0.05) is 18.2 Å². The number of thiophene rings is 1. The van der Waals surface area contributed by atoms with Gasteiger partial charge in [0.05, 0.1) is 13.2 Å². The number of halogens is 1. The fourth-order valence-corrected chi connectivity index (χ4v) is 4.67. The second kappa shape index (κ2) is 10.4. The molecule has 0 radical (unpaired) electrons. The topological polar surface area (TPSA) is 77.5 Å². The number of amides is 1. The van der Waals surface area contributed by atoms with Crippen LogP contribution >= 0.6 is 22.7 Å². The molecule has 0 bridgehead atoms. The van der Waals surface area contributed by atoms with Crippen LogP contribution in [0.25, 0.3) is 10.6 Å². The molecule has 4 rings (SSSR count). The highest BCUT2D eigenvalue weighted by molar-refractivity contribution is 7.13. The third kappa shape index (κ3) is 5.63. The van der Waals surface area contributed by atoms with Crippen molar-refractivity contribution in [2.24, 2.45) is 0 Å². The van der Waals surface area contributed by atoms with Crippen LogP contribution in [-0.4, -0.2) is 30.6 Å². The Kier molecular flexibility index (Phi) is 7.11. The number of rotatable bonds is 8. The van der Waals surface area contributed by atoms with Gasteiger partial charge in [0, 0.05) is 15.8 Å². The largest absolute Gasteiger partial charge is 0.497 e. The van der Waals surface area contributed by atoms with Gasteiger partial charge in [-0.25, -0.2) is 14.2 Å². The van der Waals surface area contributed by atoms with E-state index in [-0.39, 0.29) is 11.5 Å². The molecular weight excluding hydrogens is 463 g/mol. The van der Waals surface area contributed by atoms with Crippen LogP contribution < -0.4 is 10.1 Å². The molecule has 1 amide bonds. The maximum Gasteiger partial charge on any atom is 0.358 e. The zero-order valence-electron chi connectivity index (χ0n) is 17.5. The molecule has 0 saturated heterocycles. The average Bonchev–Trinajstić information content (AvgIpc) is 3.54. The van der Waals surface area contributed by atoms with Crippen molar-refractivity contribution in [3.63, 3.8) is 0 Å². The Balaban J connectivity index is 1.38. The summed E-state index contributed by atoms with van der Waals surface area (Å²) in [5.41, 5.74) is 1.70. The molecule has 0 aliphatic carbocycles. The second-order valence-corrected chi connectivity index (χ2v) is 8.75. The molecule has 168 valence electrons. The van der Waals surface area contributed by atoms with Crippen LogP contribution in [-0.2, 0) is 9.53 Å². The lowest BCUT2D eigenvalue weighted by atomic mass is 10.1. The predicted molar refractivity (Wildman–Crippen MR) is 125 cm³/mol.